The van der Waals surface area contributed by atoms with Crippen molar-refractivity contribution in [1.29, 1.82) is 0 Å². The molecule has 2 amide bonds. The van der Waals surface area contributed by atoms with Gasteiger partial charge in [0.2, 0.25) is 17.7 Å². The number of rotatable bonds is 20. The van der Waals surface area contributed by atoms with E-state index in [1.807, 2.05) is 81.9 Å². The first-order valence-corrected chi connectivity index (χ1v) is 28.7. The zero-order chi connectivity index (χ0) is 54.7. The molecule has 5 N–H and O–H groups in total. The lowest BCUT2D eigenvalue weighted by Gasteiger charge is -2.43. The Balaban J connectivity index is 0.578. The van der Waals surface area contributed by atoms with Gasteiger partial charge in [-0.1, -0.05) is 50.2 Å². The molecule has 6 aromatic rings. The number of aromatic hydroxyl groups is 1. The van der Waals surface area contributed by atoms with E-state index in [4.69, 9.17) is 24.5 Å². The third kappa shape index (κ3) is 12.2. The Hall–Kier alpha value is -6.91. The Kier molecular flexibility index (Phi) is 16.3. The van der Waals surface area contributed by atoms with E-state index in [0.717, 1.165) is 111 Å². The SMILES string of the molecule is Cc1ncsc1-c1ccc([C@H](C)NC(=O)[C@@H]2C[C@@H](O)CN2C(=O)[C@@H](c2cc(OCCN3CCN(CCOC4CC(Oc5cc(N6C7CC[C@@H]6CN(c6cc(-c8ccccc8O)nnc6N)C7)ccn5)C4)CC3)no2)C(C)C)cc1. The van der Waals surface area contributed by atoms with Gasteiger partial charge in [-0.15, -0.1) is 21.5 Å². The largest absolute Gasteiger partial charge is 0.507 e. The molecule has 20 nitrogen and oxygen atoms in total. The van der Waals surface area contributed by atoms with Gasteiger partial charge in [-0.25, -0.2) is 9.97 Å². The summed E-state index contributed by atoms with van der Waals surface area (Å²) in [6.07, 6.45) is 5.22. The van der Waals surface area contributed by atoms with Gasteiger partial charge >= 0.3 is 0 Å². The molecule has 21 heteroatoms. The van der Waals surface area contributed by atoms with Gasteiger partial charge in [0.15, 0.2) is 11.6 Å². The Labute approximate surface area is 464 Å². The lowest BCUT2D eigenvalue weighted by Crippen LogP contribution is -2.54. The predicted molar refractivity (Wildman–Crippen MR) is 300 cm³/mol. The van der Waals surface area contributed by atoms with Crippen LogP contribution < -0.4 is 30.3 Å². The van der Waals surface area contributed by atoms with E-state index in [1.54, 1.807) is 29.5 Å². The Morgan fingerprint density at radius 3 is 2.30 bits per heavy atom. The van der Waals surface area contributed by atoms with Gasteiger partial charge in [-0.3, -0.25) is 19.4 Å². The van der Waals surface area contributed by atoms with Crippen molar-refractivity contribution in [2.24, 2.45) is 5.92 Å². The van der Waals surface area contributed by atoms with Crippen LogP contribution in [0, 0.1) is 12.8 Å². The molecular formula is C58H72N12O8S. The molecular weight excluding hydrogens is 1020 g/mol. The van der Waals surface area contributed by atoms with Crippen LogP contribution in [0.1, 0.15) is 81.9 Å². The number of pyridine rings is 1. The molecule has 0 spiro atoms. The monoisotopic (exact) mass is 1100 g/mol. The zero-order valence-corrected chi connectivity index (χ0v) is 46.2. The van der Waals surface area contributed by atoms with Crippen LogP contribution in [0.15, 0.2) is 89.0 Å². The maximum atomic E-state index is 14.2. The number of para-hydroxylation sites is 1. The average Bonchev–Trinajstić information content (AvgIpc) is 4.25. The lowest BCUT2D eigenvalue weighted by atomic mass is 9.91. The minimum Gasteiger partial charge on any atom is -0.507 e. The number of hydrogen-bond acceptors (Lipinski definition) is 19. The molecule has 1 saturated carbocycles. The molecule has 11 rings (SSSR count). The van der Waals surface area contributed by atoms with E-state index < -0.39 is 18.1 Å². The van der Waals surface area contributed by atoms with Crippen LogP contribution in [0.4, 0.5) is 17.2 Å². The minimum atomic E-state index is -0.827. The zero-order valence-electron chi connectivity index (χ0n) is 45.4. The summed E-state index contributed by atoms with van der Waals surface area (Å²) in [6, 6.07) is 22.4. The van der Waals surface area contributed by atoms with Crippen LogP contribution in [0.5, 0.6) is 17.5 Å². The van der Waals surface area contributed by atoms with Crippen LogP contribution in [-0.4, -0.2) is 171 Å². The van der Waals surface area contributed by atoms with E-state index in [0.29, 0.717) is 59.9 Å². The second-order valence-corrected chi connectivity index (χ2v) is 23.0. The number of nitrogen functional groups attached to an aromatic ring is 1. The number of nitrogens with two attached hydrogens (primary N) is 1. The number of nitrogens with zero attached hydrogens (tertiary/aromatic N) is 10. The highest BCUT2D eigenvalue weighted by Crippen LogP contribution is 2.41. The average molecular weight is 1100 g/mol. The maximum absolute atomic E-state index is 14.2. The Morgan fingerprint density at radius 1 is 0.861 bits per heavy atom. The van der Waals surface area contributed by atoms with Crippen LogP contribution in [0.2, 0.25) is 0 Å². The number of benzene rings is 2. The van der Waals surface area contributed by atoms with Gasteiger partial charge in [0, 0.05) is 120 Å². The fourth-order valence-electron chi connectivity index (χ4n) is 12.0. The fourth-order valence-corrected chi connectivity index (χ4v) is 12.8. The summed E-state index contributed by atoms with van der Waals surface area (Å²) in [6.45, 7) is 15.8. The van der Waals surface area contributed by atoms with Crippen LogP contribution in [-0.2, 0) is 14.3 Å². The summed E-state index contributed by atoms with van der Waals surface area (Å²) in [4.78, 5) is 49.2. The molecule has 5 fully saturated rings. The van der Waals surface area contributed by atoms with Crippen molar-refractivity contribution in [2.45, 2.75) is 108 Å². The van der Waals surface area contributed by atoms with E-state index in [1.165, 1.54) is 4.90 Å². The number of amides is 2. The first-order chi connectivity index (χ1) is 38.3. The molecule has 6 atom stereocenters. The summed E-state index contributed by atoms with van der Waals surface area (Å²) < 4.78 is 24.5. The van der Waals surface area contributed by atoms with Crippen LogP contribution in [0.3, 0.4) is 0 Å². The highest BCUT2D eigenvalue weighted by molar-refractivity contribution is 7.13. The molecule has 5 aliphatic rings. The van der Waals surface area contributed by atoms with Gasteiger partial charge in [-0.2, -0.15) is 0 Å². The number of aromatic nitrogens is 5. The molecule has 4 aliphatic heterocycles. The van der Waals surface area contributed by atoms with E-state index in [9.17, 15) is 19.8 Å². The lowest BCUT2D eigenvalue weighted by molar-refractivity contribution is -0.141. The number of phenols is 1. The molecule has 2 bridgehead atoms. The number of ether oxygens (including phenoxy) is 3. The summed E-state index contributed by atoms with van der Waals surface area (Å²) in [5.74, 6) is 0.369. The van der Waals surface area contributed by atoms with Crippen molar-refractivity contribution < 1.29 is 38.5 Å². The van der Waals surface area contributed by atoms with Crippen LogP contribution in [0.25, 0.3) is 21.7 Å². The fraction of sp³-hybridized carbons (Fsp3) is 0.500. The number of aliphatic hydroxyl groups excluding tert-OH is 1. The standard InChI is InChI=1S/C58H72N12O8S/c1-35(2)54(58(74)69-33-43(71)26-49(69)57(73)62-36(3)38-9-11-39(12-10-38)55-37(4)61-34-79-55)51-30-53(65-78-51)76-24-22-67-19-17-66(18-20-67)21-23-75-44-27-45(28-44)77-52-25-40(15-16-60-52)70-41-13-14-42(70)32-68(31-41)48-29-47(63-64-56(48)59)46-7-5-6-8-50(46)72/h5-12,15-16,25,29-30,34-36,41-45,49,54,71-72H,13-14,17-24,26-28,31-33H2,1-4H3,(H2,59,64)(H,62,73)/t36-,41+,42?,43+,44?,45?,49-,54+/m0/s1. The number of nitrogens with one attached hydrogen (secondary N) is 1. The van der Waals surface area contributed by atoms with E-state index >= 15 is 0 Å². The molecule has 8 heterocycles. The highest BCUT2D eigenvalue weighted by atomic mass is 32.1. The second-order valence-electron chi connectivity index (χ2n) is 22.1. The molecule has 0 radical (unpaired) electrons. The topological polar surface area (TPSA) is 234 Å². The second kappa shape index (κ2) is 23.8. The number of anilines is 3. The quantitative estimate of drug-likeness (QED) is 0.0656. The smallest absolute Gasteiger partial charge is 0.254 e. The number of aryl methyl sites for hydroxylation is 1. The van der Waals surface area contributed by atoms with Gasteiger partial charge in [0.05, 0.1) is 52.3 Å². The molecule has 4 aromatic heterocycles. The number of aliphatic hydroxyl groups is 1. The van der Waals surface area contributed by atoms with Crippen molar-refractivity contribution in [3.8, 4) is 39.2 Å². The predicted octanol–water partition coefficient (Wildman–Crippen LogP) is 6.31. The molecule has 418 valence electrons. The molecule has 1 unspecified atom stereocenters. The summed E-state index contributed by atoms with van der Waals surface area (Å²) in [5.41, 5.74) is 14.4. The number of piperazine rings is 2. The third-order valence-corrected chi connectivity index (χ3v) is 17.4. The number of likely N-dealkylation sites (tertiary alicyclic amines) is 1. The number of carbonyl (C=O) groups excluding carboxylic acids is 2. The number of phenolic OH excluding ortho intramolecular Hbond substituents is 1. The van der Waals surface area contributed by atoms with E-state index in [-0.39, 0.29) is 54.7 Å². The summed E-state index contributed by atoms with van der Waals surface area (Å²) in [7, 11) is 0. The van der Waals surface area contributed by atoms with Gasteiger partial charge < -0.3 is 54.7 Å². The van der Waals surface area contributed by atoms with Gasteiger partial charge in [0.25, 0.3) is 5.88 Å². The van der Waals surface area contributed by atoms with Gasteiger partial charge in [0.1, 0.15) is 30.4 Å². The minimum absolute atomic E-state index is 0.0553. The Morgan fingerprint density at radius 2 is 1.59 bits per heavy atom. The molecule has 79 heavy (non-hydrogen) atoms. The summed E-state index contributed by atoms with van der Waals surface area (Å²) >= 11 is 1.59. The number of thiazole rings is 1. The van der Waals surface area contributed by atoms with Crippen molar-refractivity contribution >= 4 is 40.3 Å². The van der Waals surface area contributed by atoms with Crippen molar-refractivity contribution in [3.63, 3.8) is 0 Å². The highest BCUT2D eigenvalue weighted by Gasteiger charge is 2.44. The third-order valence-electron chi connectivity index (χ3n) is 16.4. The first kappa shape index (κ1) is 54.1. The number of β-amino-alcohol motifs (C(OH)–C–C–N with tert-alkyl or cyclic N) is 1. The van der Waals surface area contributed by atoms with Gasteiger partial charge in [-0.05, 0) is 73.2 Å². The summed E-state index contributed by atoms with van der Waals surface area (Å²) in [5, 5.41) is 37.0. The normalized spacial score (nSPS) is 23.2. The number of fused-ring (bicyclic) bond motifs is 2. The first-order valence-electron chi connectivity index (χ1n) is 27.8. The van der Waals surface area contributed by atoms with Crippen LogP contribution >= 0.6 is 11.3 Å². The molecule has 1 aliphatic carbocycles. The van der Waals surface area contributed by atoms with Crippen molar-refractivity contribution in [2.75, 3.05) is 87.7 Å². The molecule has 4 saturated heterocycles. The van der Waals surface area contributed by atoms with Crippen molar-refractivity contribution in [1.82, 2.24) is 45.3 Å². The Bertz CT molecular complexity index is 3040. The van der Waals surface area contributed by atoms with E-state index in [2.05, 4.69) is 62.4 Å². The molecule has 2 aromatic carbocycles. The maximum Gasteiger partial charge on any atom is 0.254 e. The van der Waals surface area contributed by atoms with Crippen molar-refractivity contribution in [3.05, 3.63) is 102 Å². The number of carbonyl (C=O) groups is 2. The number of hydrogen-bond donors (Lipinski definition) is 4.